The van der Waals surface area contributed by atoms with Gasteiger partial charge in [-0.25, -0.2) is 0 Å². The normalized spacial score (nSPS) is 10.8. The van der Waals surface area contributed by atoms with Gasteiger partial charge in [0.05, 0.1) is 0 Å². The van der Waals surface area contributed by atoms with Gasteiger partial charge in [0.1, 0.15) is 0 Å². The molecule has 0 radical (unpaired) electrons. The third kappa shape index (κ3) is 2.60. The van der Waals surface area contributed by atoms with Crippen LogP contribution in [0.4, 0.5) is 0 Å². The van der Waals surface area contributed by atoms with Crippen LogP contribution in [0.2, 0.25) is 0 Å². The molecule has 0 saturated carbocycles. The predicted molar refractivity (Wildman–Crippen MR) is 34.7 cm³/mol. The zero-order chi connectivity index (χ0) is 4.99. The summed E-state index contributed by atoms with van der Waals surface area (Å²) in [5, 5.41) is 0. The standard InChI is InChI=1S/CH5B3OS/c1-5-6(3)4-2/h2H2,1H3. The van der Waals surface area contributed by atoms with Crippen molar-refractivity contribution in [2.45, 2.75) is 0 Å². The number of hydrogen-bond acceptors (Lipinski definition) is 1. The Morgan fingerprint density at radius 2 is 2.50 bits per heavy atom. The summed E-state index contributed by atoms with van der Waals surface area (Å²) < 4.78 is 4.65. The van der Waals surface area contributed by atoms with E-state index in [1.807, 2.05) is 7.74 Å². The van der Waals surface area contributed by atoms with Crippen molar-refractivity contribution in [2.24, 2.45) is 0 Å². The van der Waals surface area contributed by atoms with Crippen LogP contribution in [-0.2, 0) is 4.18 Å². The molecule has 0 amide bonds. The fraction of sp³-hybridized carbons (Fsp3) is 1.00. The quantitative estimate of drug-likeness (QED) is 0.355. The Balaban J connectivity index is 3.66. The molecule has 0 spiro atoms. The van der Waals surface area contributed by atoms with Gasteiger partial charge in [-0.2, -0.15) is 0 Å². The van der Waals surface area contributed by atoms with Gasteiger partial charge in [0.15, 0.2) is 0 Å². The van der Waals surface area contributed by atoms with E-state index < -0.39 is 9.84 Å². The predicted octanol–water partition coefficient (Wildman–Crippen LogP) is -0.933. The maximum atomic E-state index is 5.22. The van der Waals surface area contributed by atoms with E-state index in [4.69, 9.17) is 6.53 Å². The zero-order valence-corrected chi connectivity index (χ0v) is 4.79. The second kappa shape index (κ2) is 3.56. The van der Waals surface area contributed by atoms with Crippen LogP contribution in [0.5, 0.6) is 0 Å². The molecule has 0 unspecified atom stereocenters. The van der Waals surface area contributed by atoms with E-state index in [0.717, 1.165) is 0 Å². The number of rotatable bonds is 0. The van der Waals surface area contributed by atoms with Crippen LogP contribution in [-0.4, -0.2) is 27.4 Å². The number of hydrogen-bond donors (Lipinski definition) is 0. The molecule has 0 saturated heterocycles. The SMILES string of the molecule is B#S(=BB)OC. The van der Waals surface area contributed by atoms with Gasteiger partial charge >= 0.3 is 41.4 Å². The van der Waals surface area contributed by atoms with Gasteiger partial charge in [0, 0.05) is 0 Å². The Bertz CT molecular complexity index is 132. The molecule has 0 fully saturated rings. The van der Waals surface area contributed by atoms with Crippen LogP contribution < -0.4 is 0 Å². The Labute approximate surface area is 42.2 Å². The Morgan fingerprint density at radius 1 is 2.00 bits per heavy atom. The van der Waals surface area contributed by atoms with E-state index in [9.17, 15) is 0 Å². The molecule has 0 heterocycles. The summed E-state index contributed by atoms with van der Waals surface area (Å²) in [5.74, 6) is 0. The van der Waals surface area contributed by atoms with E-state index in [2.05, 4.69) is 4.18 Å². The minimum atomic E-state index is -0.409. The monoisotopic (exact) mass is 98.0 g/mol. The molecular weight excluding hydrogens is 92.5 g/mol. The van der Waals surface area contributed by atoms with Gasteiger partial charge in [0.25, 0.3) is 0 Å². The molecule has 30 valence electrons. The van der Waals surface area contributed by atoms with Gasteiger partial charge in [-0.05, 0) is 0 Å². The van der Waals surface area contributed by atoms with Crippen LogP contribution in [0.3, 0.4) is 0 Å². The molecule has 0 aliphatic heterocycles. The van der Waals surface area contributed by atoms with Gasteiger partial charge < -0.3 is 0 Å². The van der Waals surface area contributed by atoms with E-state index in [-0.39, 0.29) is 0 Å². The first-order valence-electron chi connectivity index (χ1n) is 1.62. The molecule has 0 aromatic rings. The zero-order valence-electron chi connectivity index (χ0n) is 3.97. The summed E-state index contributed by atoms with van der Waals surface area (Å²) >= 11 is 0. The first kappa shape index (κ1) is 6.37. The van der Waals surface area contributed by atoms with Crippen molar-refractivity contribution in [3.05, 3.63) is 0 Å². The summed E-state index contributed by atoms with van der Waals surface area (Å²) in [6.07, 6.45) is 0. The van der Waals surface area contributed by atoms with Crippen LogP contribution in [0.25, 0.3) is 0 Å². The first-order valence-corrected chi connectivity index (χ1v) is 2.90. The molecule has 0 atom stereocenters. The summed E-state index contributed by atoms with van der Waals surface area (Å²) in [6.45, 7) is 5.22. The van der Waals surface area contributed by atoms with Crippen molar-refractivity contribution in [1.29, 1.82) is 0 Å². The Morgan fingerprint density at radius 3 is 2.50 bits per heavy atom. The molecule has 0 bridgehead atoms. The van der Waals surface area contributed by atoms with E-state index in [1.54, 1.807) is 13.2 Å². The Hall–Kier alpha value is 0.375. The van der Waals surface area contributed by atoms with Crippen LogP contribution >= 0.6 is 9.84 Å². The summed E-state index contributed by atoms with van der Waals surface area (Å²) in [7, 11) is 3.05. The van der Waals surface area contributed by atoms with Crippen LogP contribution in [0.1, 0.15) is 0 Å². The van der Waals surface area contributed by atoms with Crippen molar-refractivity contribution in [3.63, 3.8) is 0 Å². The first-order chi connectivity index (χ1) is 2.81. The Kier molecular flexibility index (Phi) is 3.78. The average Bonchev–Trinajstić information content (AvgIpc) is 1.65. The van der Waals surface area contributed by atoms with Crippen molar-refractivity contribution >= 4 is 30.2 Å². The average molecular weight is 97.6 g/mol. The summed E-state index contributed by atoms with van der Waals surface area (Å²) in [6, 6.07) is 1.81. The van der Waals surface area contributed by atoms with Crippen LogP contribution in [0.15, 0.2) is 0 Å². The fourth-order valence-electron chi connectivity index (χ4n) is 0.0962. The van der Waals surface area contributed by atoms with E-state index in [1.165, 1.54) is 0 Å². The third-order valence-corrected chi connectivity index (χ3v) is 1.27. The third-order valence-electron chi connectivity index (χ3n) is 0.425. The molecule has 1 nitrogen and oxygen atoms in total. The van der Waals surface area contributed by atoms with Gasteiger partial charge in [-0.1, -0.05) is 0 Å². The molecule has 0 aliphatic carbocycles. The van der Waals surface area contributed by atoms with Gasteiger partial charge in [0.2, 0.25) is 0 Å². The van der Waals surface area contributed by atoms with Crippen molar-refractivity contribution in [3.8, 4) is 0 Å². The molecule has 0 aliphatic rings. The molecule has 6 heavy (non-hydrogen) atoms. The maximum absolute atomic E-state index is 5.22. The molecular formula is CH5B3OS. The molecule has 0 aromatic heterocycles. The van der Waals surface area contributed by atoms with E-state index in [0.29, 0.717) is 0 Å². The van der Waals surface area contributed by atoms with Crippen molar-refractivity contribution in [2.75, 3.05) is 7.11 Å². The fourth-order valence-corrected chi connectivity index (χ4v) is 0.289. The van der Waals surface area contributed by atoms with Crippen molar-refractivity contribution in [1.82, 2.24) is 0 Å². The summed E-state index contributed by atoms with van der Waals surface area (Å²) in [4.78, 5) is 0. The van der Waals surface area contributed by atoms with Crippen molar-refractivity contribution < 1.29 is 4.18 Å². The van der Waals surface area contributed by atoms with Gasteiger partial charge in [-0.15, -0.1) is 0 Å². The summed E-state index contributed by atoms with van der Waals surface area (Å²) in [5.41, 5.74) is 0. The van der Waals surface area contributed by atoms with Gasteiger partial charge in [-0.3, -0.25) is 0 Å². The topological polar surface area (TPSA) is 9.23 Å². The van der Waals surface area contributed by atoms with Crippen LogP contribution in [0, 0.1) is 0 Å². The molecule has 0 rings (SSSR count). The second-order valence-electron chi connectivity index (χ2n) is 0.731. The molecule has 0 N–H and O–H groups in total. The second-order valence-corrected chi connectivity index (χ2v) is 2.19. The van der Waals surface area contributed by atoms with E-state index >= 15 is 0 Å². The minimum absolute atomic E-state index is 0.409. The molecule has 5 heteroatoms. The molecule has 0 aromatic carbocycles.